The zero-order valence-corrected chi connectivity index (χ0v) is 16.3. The van der Waals surface area contributed by atoms with Crippen molar-refractivity contribution in [2.24, 2.45) is 0 Å². The molecule has 0 spiro atoms. The van der Waals surface area contributed by atoms with Gasteiger partial charge in [0.25, 0.3) is 0 Å². The highest BCUT2D eigenvalue weighted by Gasteiger charge is 2.12. The Bertz CT molecular complexity index is 1270. The van der Waals surface area contributed by atoms with Gasteiger partial charge in [0.2, 0.25) is 0 Å². The Morgan fingerprint density at radius 1 is 0.481 bits per heavy atom. The summed E-state index contributed by atoms with van der Waals surface area (Å²) in [4.78, 5) is 0. The van der Waals surface area contributed by atoms with Crippen LogP contribution < -0.4 is 0 Å². The van der Waals surface area contributed by atoms with Crippen molar-refractivity contribution in [2.75, 3.05) is 0 Å². The number of benzene rings is 5. The molecule has 27 heavy (non-hydrogen) atoms. The van der Waals surface area contributed by atoms with Crippen molar-refractivity contribution in [2.45, 2.75) is 0 Å². The van der Waals surface area contributed by atoms with Gasteiger partial charge in [-0.25, -0.2) is 0 Å². The maximum Gasteiger partial charge on any atom is 0.0181 e. The monoisotopic (exact) mass is 408 g/mol. The summed E-state index contributed by atoms with van der Waals surface area (Å²) in [6.07, 6.45) is 0. The molecule has 0 bridgehead atoms. The zero-order valence-electron chi connectivity index (χ0n) is 14.7. The number of hydrogen-bond acceptors (Lipinski definition) is 0. The summed E-state index contributed by atoms with van der Waals surface area (Å²) in [6, 6.07) is 36.9. The molecular formula is C26H17Br. The second-order valence-electron chi connectivity index (χ2n) is 6.75. The smallest absolute Gasteiger partial charge is 0.0181 e. The Balaban J connectivity index is 1.89. The van der Waals surface area contributed by atoms with Gasteiger partial charge in [0.15, 0.2) is 0 Å². The molecule has 0 unspecified atom stereocenters. The number of fused-ring (bicyclic) bond motifs is 2. The van der Waals surface area contributed by atoms with Gasteiger partial charge in [-0.3, -0.25) is 0 Å². The molecule has 0 aliphatic heterocycles. The first-order valence-electron chi connectivity index (χ1n) is 9.07. The molecule has 0 saturated heterocycles. The normalized spacial score (nSPS) is 11.1. The number of rotatable bonds is 2. The molecule has 0 aliphatic carbocycles. The molecule has 0 aliphatic rings. The first-order chi connectivity index (χ1) is 13.3. The van der Waals surface area contributed by atoms with Crippen LogP contribution in [0.5, 0.6) is 0 Å². The van der Waals surface area contributed by atoms with Gasteiger partial charge in [-0.05, 0) is 55.9 Å². The Labute approximate surface area is 167 Å². The van der Waals surface area contributed by atoms with Crippen LogP contribution in [0.2, 0.25) is 0 Å². The van der Waals surface area contributed by atoms with Crippen LogP contribution >= 0.6 is 15.9 Å². The minimum atomic E-state index is 1.10. The summed E-state index contributed by atoms with van der Waals surface area (Å²) < 4.78 is 1.10. The van der Waals surface area contributed by atoms with E-state index in [9.17, 15) is 0 Å². The molecule has 0 nitrogen and oxygen atoms in total. The lowest BCUT2D eigenvalue weighted by Gasteiger charge is -2.14. The van der Waals surface area contributed by atoms with Gasteiger partial charge in [0.05, 0.1) is 0 Å². The van der Waals surface area contributed by atoms with Crippen LogP contribution in [-0.4, -0.2) is 0 Å². The van der Waals surface area contributed by atoms with E-state index in [0.717, 1.165) is 4.47 Å². The van der Waals surface area contributed by atoms with Crippen LogP contribution in [0.1, 0.15) is 0 Å². The Morgan fingerprint density at radius 3 is 1.93 bits per heavy atom. The summed E-state index contributed by atoms with van der Waals surface area (Å²) in [5.41, 5.74) is 5.04. The van der Waals surface area contributed by atoms with Gasteiger partial charge in [-0.1, -0.05) is 107 Å². The maximum absolute atomic E-state index is 3.62. The number of halogens is 1. The molecule has 0 fully saturated rings. The zero-order chi connectivity index (χ0) is 18.2. The standard InChI is InChI=1S/C26H17Br/c27-21-12-3-11-20(17-21)23-14-5-9-19-10-6-16-25(26(19)23)24-15-4-8-18-7-1-2-13-22(18)24/h1-17H. The molecule has 128 valence electrons. The quantitative estimate of drug-likeness (QED) is 0.276. The molecule has 0 radical (unpaired) electrons. The Morgan fingerprint density at radius 2 is 1.11 bits per heavy atom. The second-order valence-corrected chi connectivity index (χ2v) is 7.66. The van der Waals surface area contributed by atoms with Gasteiger partial charge < -0.3 is 0 Å². The predicted octanol–water partition coefficient (Wildman–Crippen LogP) is 8.09. The van der Waals surface area contributed by atoms with Gasteiger partial charge in [-0.2, -0.15) is 0 Å². The van der Waals surface area contributed by atoms with E-state index >= 15 is 0 Å². The van der Waals surface area contributed by atoms with Crippen molar-refractivity contribution in [1.29, 1.82) is 0 Å². The lowest BCUT2D eigenvalue weighted by atomic mass is 9.89. The molecule has 5 aromatic rings. The first kappa shape index (κ1) is 16.3. The van der Waals surface area contributed by atoms with Crippen molar-refractivity contribution < 1.29 is 0 Å². The average Bonchev–Trinajstić information content (AvgIpc) is 2.72. The molecule has 0 saturated carbocycles. The molecule has 5 aromatic carbocycles. The maximum atomic E-state index is 3.62. The van der Waals surface area contributed by atoms with E-state index in [0.29, 0.717) is 0 Å². The van der Waals surface area contributed by atoms with E-state index < -0.39 is 0 Å². The Kier molecular flexibility index (Phi) is 4.03. The van der Waals surface area contributed by atoms with Crippen LogP contribution in [0.15, 0.2) is 108 Å². The Hall–Kier alpha value is -2.90. The van der Waals surface area contributed by atoms with E-state index in [4.69, 9.17) is 0 Å². The largest absolute Gasteiger partial charge is 0.0616 e. The van der Waals surface area contributed by atoms with Crippen molar-refractivity contribution in [1.82, 2.24) is 0 Å². The molecule has 1 heteroatoms. The second kappa shape index (κ2) is 6.68. The van der Waals surface area contributed by atoms with Crippen LogP contribution in [0.25, 0.3) is 43.8 Å². The molecule has 0 amide bonds. The van der Waals surface area contributed by atoms with Crippen molar-refractivity contribution in [3.05, 3.63) is 108 Å². The van der Waals surface area contributed by atoms with E-state index in [1.54, 1.807) is 0 Å². The average molecular weight is 409 g/mol. The molecule has 5 rings (SSSR count). The molecule has 0 N–H and O–H groups in total. The van der Waals surface area contributed by atoms with Gasteiger partial charge in [-0.15, -0.1) is 0 Å². The van der Waals surface area contributed by atoms with Crippen LogP contribution in [0, 0.1) is 0 Å². The number of hydrogen-bond donors (Lipinski definition) is 0. The first-order valence-corrected chi connectivity index (χ1v) is 9.86. The third-order valence-electron chi connectivity index (χ3n) is 5.12. The molecule has 0 atom stereocenters. The summed E-state index contributed by atoms with van der Waals surface area (Å²) in [5.74, 6) is 0. The van der Waals surface area contributed by atoms with Crippen LogP contribution in [-0.2, 0) is 0 Å². The minimum absolute atomic E-state index is 1.10. The highest BCUT2D eigenvalue weighted by Crippen LogP contribution is 2.39. The van der Waals surface area contributed by atoms with E-state index in [-0.39, 0.29) is 0 Å². The summed E-state index contributed by atoms with van der Waals surface area (Å²) in [6.45, 7) is 0. The SMILES string of the molecule is Brc1cccc(-c2cccc3cccc(-c4cccc5ccccc45)c23)c1. The highest BCUT2D eigenvalue weighted by atomic mass is 79.9. The van der Waals surface area contributed by atoms with Crippen molar-refractivity contribution in [3.8, 4) is 22.3 Å². The van der Waals surface area contributed by atoms with Crippen LogP contribution in [0.3, 0.4) is 0 Å². The summed E-state index contributed by atoms with van der Waals surface area (Å²) in [5, 5.41) is 5.12. The fourth-order valence-corrected chi connectivity index (χ4v) is 4.32. The lowest BCUT2D eigenvalue weighted by Crippen LogP contribution is -1.88. The van der Waals surface area contributed by atoms with E-state index in [2.05, 4.69) is 119 Å². The highest BCUT2D eigenvalue weighted by molar-refractivity contribution is 9.10. The van der Waals surface area contributed by atoms with Gasteiger partial charge in [0.1, 0.15) is 0 Å². The fraction of sp³-hybridized carbons (Fsp3) is 0. The topological polar surface area (TPSA) is 0 Å². The summed E-state index contributed by atoms with van der Waals surface area (Å²) >= 11 is 3.62. The molecular weight excluding hydrogens is 392 g/mol. The predicted molar refractivity (Wildman–Crippen MR) is 120 cm³/mol. The molecule has 0 aromatic heterocycles. The van der Waals surface area contributed by atoms with Crippen molar-refractivity contribution in [3.63, 3.8) is 0 Å². The van der Waals surface area contributed by atoms with Gasteiger partial charge in [0, 0.05) is 4.47 Å². The van der Waals surface area contributed by atoms with Gasteiger partial charge >= 0.3 is 0 Å². The van der Waals surface area contributed by atoms with E-state index in [1.807, 2.05) is 0 Å². The third kappa shape index (κ3) is 2.85. The van der Waals surface area contributed by atoms with E-state index in [1.165, 1.54) is 43.8 Å². The van der Waals surface area contributed by atoms with Crippen molar-refractivity contribution >= 4 is 37.5 Å². The summed E-state index contributed by atoms with van der Waals surface area (Å²) in [7, 11) is 0. The van der Waals surface area contributed by atoms with Crippen LogP contribution in [0.4, 0.5) is 0 Å². The molecule has 0 heterocycles. The fourth-order valence-electron chi connectivity index (χ4n) is 3.92. The lowest BCUT2D eigenvalue weighted by molar-refractivity contribution is 1.61. The third-order valence-corrected chi connectivity index (χ3v) is 5.61. The minimum Gasteiger partial charge on any atom is -0.0616 e.